The van der Waals surface area contributed by atoms with Gasteiger partial charge in [-0.3, -0.25) is 9.59 Å². The van der Waals surface area contributed by atoms with Crippen LogP contribution in [-0.4, -0.2) is 25.5 Å². The minimum Gasteiger partial charge on any atom is -0.497 e. The number of carbonyl (C=O) groups is 2. The van der Waals surface area contributed by atoms with Crippen LogP contribution >= 0.6 is 0 Å². The van der Waals surface area contributed by atoms with Crippen molar-refractivity contribution in [2.45, 2.75) is 6.42 Å². The highest BCUT2D eigenvalue weighted by molar-refractivity contribution is 6.05. The van der Waals surface area contributed by atoms with E-state index in [1.165, 1.54) is 0 Å². The molecule has 0 N–H and O–H groups in total. The van der Waals surface area contributed by atoms with E-state index in [0.29, 0.717) is 5.56 Å². The maximum absolute atomic E-state index is 11.8. The fraction of sp³-hybridized carbons (Fsp3) is 0.158. The van der Waals surface area contributed by atoms with Crippen molar-refractivity contribution in [3.63, 3.8) is 0 Å². The van der Waals surface area contributed by atoms with Crippen molar-refractivity contribution in [2.24, 2.45) is 0 Å². The van der Waals surface area contributed by atoms with E-state index >= 15 is 0 Å². The van der Waals surface area contributed by atoms with E-state index < -0.39 is 5.97 Å². The summed E-state index contributed by atoms with van der Waals surface area (Å²) in [5.74, 6) is 0.0148. The first kappa shape index (κ1) is 16.5. The van der Waals surface area contributed by atoms with Gasteiger partial charge in [0.05, 0.1) is 7.11 Å². The Morgan fingerprint density at radius 3 is 2.35 bits per heavy atom. The molecule has 0 amide bonds. The van der Waals surface area contributed by atoms with Crippen molar-refractivity contribution in [2.75, 3.05) is 13.7 Å². The standard InChI is InChI=1S/C19H18O4/c1-22-17-11-9-15(10-12-17)6-5-13-23-19(21)14-18(20)16-7-3-2-4-8-16/h2-12H,13-14H2,1H3/b6-5+. The van der Waals surface area contributed by atoms with Crippen molar-refractivity contribution in [1.29, 1.82) is 0 Å². The molecule has 0 fully saturated rings. The maximum Gasteiger partial charge on any atom is 0.314 e. The Bertz CT molecular complexity index is 672. The van der Waals surface area contributed by atoms with E-state index in [1.807, 2.05) is 36.4 Å². The summed E-state index contributed by atoms with van der Waals surface area (Å²) in [6.45, 7) is 0.132. The highest BCUT2D eigenvalue weighted by atomic mass is 16.5. The highest BCUT2D eigenvalue weighted by Gasteiger charge is 2.11. The monoisotopic (exact) mass is 310 g/mol. The van der Waals surface area contributed by atoms with E-state index in [1.54, 1.807) is 37.5 Å². The molecule has 4 heteroatoms. The topological polar surface area (TPSA) is 52.6 Å². The zero-order valence-electron chi connectivity index (χ0n) is 12.9. The van der Waals surface area contributed by atoms with Gasteiger partial charge in [-0.15, -0.1) is 0 Å². The van der Waals surface area contributed by atoms with E-state index in [4.69, 9.17) is 9.47 Å². The van der Waals surface area contributed by atoms with Gasteiger partial charge in [0, 0.05) is 5.56 Å². The van der Waals surface area contributed by atoms with Crippen LogP contribution in [0.5, 0.6) is 5.75 Å². The number of hydrogen-bond acceptors (Lipinski definition) is 4. The third-order valence-electron chi connectivity index (χ3n) is 3.17. The third-order valence-corrected chi connectivity index (χ3v) is 3.17. The quantitative estimate of drug-likeness (QED) is 0.446. The summed E-state index contributed by atoms with van der Waals surface area (Å²) in [5.41, 5.74) is 1.49. The summed E-state index contributed by atoms with van der Waals surface area (Å²) in [6.07, 6.45) is 3.32. The van der Waals surface area contributed by atoms with Gasteiger partial charge in [0.1, 0.15) is 18.8 Å². The molecule has 23 heavy (non-hydrogen) atoms. The number of ether oxygens (including phenoxy) is 2. The van der Waals surface area contributed by atoms with Crippen molar-refractivity contribution < 1.29 is 19.1 Å². The zero-order valence-corrected chi connectivity index (χ0v) is 12.9. The molecular formula is C19H18O4. The first-order valence-corrected chi connectivity index (χ1v) is 7.23. The lowest BCUT2D eigenvalue weighted by Gasteiger charge is -2.02. The molecule has 2 aromatic rings. The van der Waals surface area contributed by atoms with Crippen LogP contribution in [0.4, 0.5) is 0 Å². The summed E-state index contributed by atoms with van der Waals surface area (Å²) in [5, 5.41) is 0. The van der Waals surface area contributed by atoms with Crippen molar-refractivity contribution in [3.8, 4) is 5.75 Å². The van der Waals surface area contributed by atoms with Crippen LogP contribution in [0.25, 0.3) is 6.08 Å². The predicted octanol–water partition coefficient (Wildman–Crippen LogP) is 3.52. The summed E-state index contributed by atoms with van der Waals surface area (Å²) in [6, 6.07) is 16.2. The average molecular weight is 310 g/mol. The van der Waals surface area contributed by atoms with Crippen LogP contribution in [0.15, 0.2) is 60.7 Å². The fourth-order valence-electron chi connectivity index (χ4n) is 1.95. The van der Waals surface area contributed by atoms with Gasteiger partial charge in [-0.25, -0.2) is 0 Å². The van der Waals surface area contributed by atoms with E-state index in [-0.39, 0.29) is 18.8 Å². The summed E-state index contributed by atoms with van der Waals surface area (Å²) >= 11 is 0. The van der Waals surface area contributed by atoms with Crippen LogP contribution in [-0.2, 0) is 9.53 Å². The van der Waals surface area contributed by atoms with Crippen molar-refractivity contribution in [3.05, 3.63) is 71.8 Å². The van der Waals surface area contributed by atoms with Crippen LogP contribution in [0.1, 0.15) is 22.3 Å². The number of hydrogen-bond donors (Lipinski definition) is 0. The van der Waals surface area contributed by atoms with Gasteiger partial charge in [-0.05, 0) is 23.8 Å². The Morgan fingerprint density at radius 1 is 1.00 bits per heavy atom. The van der Waals surface area contributed by atoms with Gasteiger partial charge >= 0.3 is 5.97 Å². The largest absolute Gasteiger partial charge is 0.497 e. The van der Waals surface area contributed by atoms with E-state index in [0.717, 1.165) is 11.3 Å². The lowest BCUT2D eigenvalue weighted by molar-refractivity contribution is -0.141. The van der Waals surface area contributed by atoms with Crippen molar-refractivity contribution >= 4 is 17.8 Å². The molecular weight excluding hydrogens is 292 g/mol. The van der Waals surface area contributed by atoms with Gasteiger partial charge in [0.15, 0.2) is 5.78 Å². The number of benzene rings is 2. The molecule has 2 rings (SSSR count). The predicted molar refractivity (Wildman–Crippen MR) is 88.4 cm³/mol. The van der Waals surface area contributed by atoms with E-state index in [2.05, 4.69) is 0 Å². The van der Waals surface area contributed by atoms with Crippen LogP contribution in [0.2, 0.25) is 0 Å². The molecule has 2 aromatic carbocycles. The average Bonchev–Trinajstić information content (AvgIpc) is 2.60. The second-order valence-corrected chi connectivity index (χ2v) is 4.82. The molecule has 0 bridgehead atoms. The minimum absolute atomic E-state index is 0.132. The molecule has 0 aliphatic carbocycles. The number of rotatable bonds is 7. The Labute approximate surface area is 135 Å². The second kappa shape index (κ2) is 8.54. The Hall–Kier alpha value is -2.88. The Morgan fingerprint density at radius 2 is 1.70 bits per heavy atom. The highest BCUT2D eigenvalue weighted by Crippen LogP contribution is 2.12. The van der Waals surface area contributed by atoms with Gasteiger partial charge in [0.25, 0.3) is 0 Å². The molecule has 0 spiro atoms. The molecule has 0 radical (unpaired) electrons. The lowest BCUT2D eigenvalue weighted by Crippen LogP contribution is -2.11. The van der Waals surface area contributed by atoms with E-state index in [9.17, 15) is 9.59 Å². The normalized spacial score (nSPS) is 10.5. The number of Topliss-reactive ketones (excluding diaryl/α,β-unsaturated/α-hetero) is 1. The zero-order chi connectivity index (χ0) is 16.5. The molecule has 0 unspecified atom stereocenters. The van der Waals surface area contributed by atoms with Gasteiger partial charge in [0.2, 0.25) is 0 Å². The number of ketones is 1. The SMILES string of the molecule is COc1ccc(/C=C/COC(=O)CC(=O)c2ccccc2)cc1. The second-order valence-electron chi connectivity index (χ2n) is 4.82. The summed E-state index contributed by atoms with van der Waals surface area (Å²) in [7, 11) is 1.61. The van der Waals surface area contributed by atoms with Gasteiger partial charge in [-0.2, -0.15) is 0 Å². The maximum atomic E-state index is 11.8. The smallest absolute Gasteiger partial charge is 0.314 e. The summed E-state index contributed by atoms with van der Waals surface area (Å²) < 4.78 is 10.1. The molecule has 0 atom stereocenters. The van der Waals surface area contributed by atoms with Gasteiger partial charge < -0.3 is 9.47 Å². The number of esters is 1. The third kappa shape index (κ3) is 5.43. The molecule has 4 nitrogen and oxygen atoms in total. The molecule has 0 saturated heterocycles. The molecule has 118 valence electrons. The Balaban J connectivity index is 1.76. The summed E-state index contributed by atoms with van der Waals surface area (Å²) in [4.78, 5) is 23.5. The first-order valence-electron chi connectivity index (χ1n) is 7.23. The molecule has 0 aliphatic heterocycles. The number of carbonyl (C=O) groups excluding carboxylic acids is 2. The van der Waals surface area contributed by atoms with Crippen LogP contribution < -0.4 is 4.74 Å². The molecule has 0 aliphatic rings. The van der Waals surface area contributed by atoms with Crippen LogP contribution in [0, 0.1) is 0 Å². The molecule has 0 aromatic heterocycles. The Kier molecular flexibility index (Phi) is 6.12. The number of methoxy groups -OCH3 is 1. The van der Waals surface area contributed by atoms with Gasteiger partial charge in [-0.1, -0.05) is 48.5 Å². The molecule has 0 saturated carbocycles. The minimum atomic E-state index is -0.529. The molecule has 0 heterocycles. The first-order chi connectivity index (χ1) is 11.2. The lowest BCUT2D eigenvalue weighted by atomic mass is 10.1. The van der Waals surface area contributed by atoms with Crippen molar-refractivity contribution in [1.82, 2.24) is 0 Å². The van der Waals surface area contributed by atoms with Crippen LogP contribution in [0.3, 0.4) is 0 Å². The fourth-order valence-corrected chi connectivity index (χ4v) is 1.95.